The molecule has 3 N–H and O–H groups in total. The van der Waals surface area contributed by atoms with Gasteiger partial charge < -0.3 is 11.1 Å². The minimum Gasteiger partial charge on any atom is -0.384 e. The van der Waals surface area contributed by atoms with Crippen LogP contribution < -0.4 is 11.1 Å². The lowest BCUT2D eigenvalue weighted by atomic mass is 10.2. The molecule has 0 aliphatic heterocycles. The van der Waals surface area contributed by atoms with Crippen LogP contribution >= 0.6 is 11.6 Å². The van der Waals surface area contributed by atoms with E-state index in [2.05, 4.69) is 20.3 Å². The number of pyridine rings is 1. The summed E-state index contributed by atoms with van der Waals surface area (Å²) in [6, 6.07) is 9.10. The molecular weight excluding hydrogens is 262 g/mol. The van der Waals surface area contributed by atoms with E-state index in [0.717, 1.165) is 16.6 Å². The zero-order valence-electron chi connectivity index (χ0n) is 9.84. The van der Waals surface area contributed by atoms with Crippen molar-refractivity contribution in [3.05, 3.63) is 47.9 Å². The van der Waals surface area contributed by atoms with Gasteiger partial charge >= 0.3 is 0 Å². The van der Waals surface area contributed by atoms with Crippen LogP contribution in [0.4, 0.5) is 17.3 Å². The summed E-state index contributed by atoms with van der Waals surface area (Å²) in [5.74, 6) is 1.02. The maximum Gasteiger partial charge on any atom is 0.135 e. The fourth-order valence-corrected chi connectivity index (χ4v) is 2.03. The van der Waals surface area contributed by atoms with Crippen LogP contribution in [0.15, 0.2) is 42.9 Å². The van der Waals surface area contributed by atoms with E-state index in [4.69, 9.17) is 17.3 Å². The molecule has 0 fully saturated rings. The molecular formula is C13H10ClN5. The predicted octanol–water partition coefficient (Wildman–Crippen LogP) is 3.00. The third-order valence-electron chi connectivity index (χ3n) is 2.67. The highest BCUT2D eigenvalue weighted by Gasteiger charge is 2.06. The molecule has 0 atom stereocenters. The summed E-state index contributed by atoms with van der Waals surface area (Å²) in [7, 11) is 0. The van der Waals surface area contributed by atoms with Crippen LogP contribution in [0.3, 0.4) is 0 Å². The number of fused-ring (bicyclic) bond motifs is 1. The summed E-state index contributed by atoms with van der Waals surface area (Å²) in [4.78, 5) is 12.3. The van der Waals surface area contributed by atoms with Gasteiger partial charge in [-0.25, -0.2) is 9.97 Å². The maximum absolute atomic E-state index is 6.14. The molecule has 2 heterocycles. The largest absolute Gasteiger partial charge is 0.384 e. The highest BCUT2D eigenvalue weighted by Crippen LogP contribution is 2.29. The molecule has 0 bridgehead atoms. The Morgan fingerprint density at radius 1 is 1.11 bits per heavy atom. The second-order valence-electron chi connectivity index (χ2n) is 3.95. The second kappa shape index (κ2) is 4.70. The monoisotopic (exact) mass is 271 g/mol. The molecule has 2 aromatic heterocycles. The number of nitrogen functional groups attached to an aromatic ring is 1. The zero-order chi connectivity index (χ0) is 13.2. The van der Waals surface area contributed by atoms with Crippen molar-refractivity contribution in [3.63, 3.8) is 0 Å². The quantitative estimate of drug-likeness (QED) is 0.749. The van der Waals surface area contributed by atoms with Gasteiger partial charge in [0.05, 0.1) is 16.2 Å². The number of rotatable bonds is 2. The molecule has 19 heavy (non-hydrogen) atoms. The van der Waals surface area contributed by atoms with Gasteiger partial charge in [0.1, 0.15) is 18.0 Å². The van der Waals surface area contributed by atoms with E-state index in [0.29, 0.717) is 16.7 Å². The van der Waals surface area contributed by atoms with Crippen molar-refractivity contribution >= 4 is 39.8 Å². The summed E-state index contributed by atoms with van der Waals surface area (Å²) in [5, 5.41) is 4.71. The van der Waals surface area contributed by atoms with Gasteiger partial charge in [0, 0.05) is 17.6 Å². The highest BCUT2D eigenvalue weighted by molar-refractivity contribution is 6.35. The maximum atomic E-state index is 6.14. The Balaban J connectivity index is 2.09. The van der Waals surface area contributed by atoms with Gasteiger partial charge in [-0.3, -0.25) is 4.98 Å². The number of halogens is 1. The molecule has 0 unspecified atom stereocenters. The molecule has 0 aliphatic carbocycles. The molecule has 1 aromatic carbocycles. The standard InChI is InChI=1S/C13H10ClN5/c14-9-3-4-10(13-8(9)2-1-5-16-13)19-12-6-11(15)17-7-18-12/h1-7H,(H3,15,17,18,19). The van der Waals surface area contributed by atoms with Crippen LogP contribution in [0, 0.1) is 0 Å². The highest BCUT2D eigenvalue weighted by atomic mass is 35.5. The Morgan fingerprint density at radius 3 is 2.84 bits per heavy atom. The van der Waals surface area contributed by atoms with Crippen molar-refractivity contribution < 1.29 is 0 Å². The lowest BCUT2D eigenvalue weighted by molar-refractivity contribution is 1.18. The molecule has 94 valence electrons. The molecule has 6 heteroatoms. The lowest BCUT2D eigenvalue weighted by Gasteiger charge is -2.09. The van der Waals surface area contributed by atoms with Crippen molar-refractivity contribution in [2.45, 2.75) is 0 Å². The van der Waals surface area contributed by atoms with Gasteiger partial charge in [0.25, 0.3) is 0 Å². The van der Waals surface area contributed by atoms with Gasteiger partial charge in [0.15, 0.2) is 0 Å². The minimum atomic E-state index is 0.406. The smallest absolute Gasteiger partial charge is 0.135 e. The first kappa shape index (κ1) is 11.7. The Morgan fingerprint density at radius 2 is 2.00 bits per heavy atom. The molecule has 0 radical (unpaired) electrons. The first-order valence-electron chi connectivity index (χ1n) is 5.62. The van der Waals surface area contributed by atoms with Crippen LogP contribution in [0.2, 0.25) is 5.02 Å². The molecule has 5 nitrogen and oxygen atoms in total. The van der Waals surface area contributed by atoms with Gasteiger partial charge in [-0.1, -0.05) is 11.6 Å². The van der Waals surface area contributed by atoms with E-state index in [9.17, 15) is 0 Å². The molecule has 0 saturated carbocycles. The fraction of sp³-hybridized carbons (Fsp3) is 0. The van der Waals surface area contributed by atoms with Crippen molar-refractivity contribution in [1.82, 2.24) is 15.0 Å². The average Bonchev–Trinajstić information content (AvgIpc) is 2.42. The number of nitrogens with two attached hydrogens (primary N) is 1. The molecule has 0 amide bonds. The Bertz CT molecular complexity index is 744. The van der Waals surface area contributed by atoms with E-state index in [-0.39, 0.29) is 0 Å². The molecule has 0 saturated heterocycles. The zero-order valence-corrected chi connectivity index (χ0v) is 10.6. The second-order valence-corrected chi connectivity index (χ2v) is 4.35. The van der Waals surface area contributed by atoms with Crippen LogP contribution in [0.5, 0.6) is 0 Å². The van der Waals surface area contributed by atoms with Crippen LogP contribution in [0.25, 0.3) is 10.9 Å². The molecule has 0 spiro atoms. The number of benzene rings is 1. The van der Waals surface area contributed by atoms with Crippen LogP contribution in [-0.2, 0) is 0 Å². The summed E-state index contributed by atoms with van der Waals surface area (Å²) in [6.45, 7) is 0. The topological polar surface area (TPSA) is 76.7 Å². The summed E-state index contributed by atoms with van der Waals surface area (Å²) in [5.41, 5.74) is 7.22. The molecule has 0 aliphatic rings. The number of nitrogens with one attached hydrogen (secondary N) is 1. The number of hydrogen-bond acceptors (Lipinski definition) is 5. The van der Waals surface area contributed by atoms with E-state index >= 15 is 0 Å². The van der Waals surface area contributed by atoms with E-state index in [1.165, 1.54) is 6.33 Å². The van der Waals surface area contributed by atoms with Crippen molar-refractivity contribution in [3.8, 4) is 0 Å². The number of nitrogens with zero attached hydrogens (tertiary/aromatic N) is 3. The third-order valence-corrected chi connectivity index (χ3v) is 3.00. The van der Waals surface area contributed by atoms with Crippen molar-refractivity contribution in [1.29, 1.82) is 0 Å². The van der Waals surface area contributed by atoms with Crippen molar-refractivity contribution in [2.75, 3.05) is 11.1 Å². The minimum absolute atomic E-state index is 0.406. The normalized spacial score (nSPS) is 10.6. The SMILES string of the molecule is Nc1cc(Nc2ccc(Cl)c3cccnc23)ncn1. The van der Waals surface area contributed by atoms with E-state index in [1.54, 1.807) is 12.3 Å². The van der Waals surface area contributed by atoms with Crippen molar-refractivity contribution in [2.24, 2.45) is 0 Å². The van der Waals surface area contributed by atoms with E-state index < -0.39 is 0 Å². The number of aromatic nitrogens is 3. The van der Waals surface area contributed by atoms with Gasteiger partial charge in [-0.15, -0.1) is 0 Å². The van der Waals surface area contributed by atoms with Crippen LogP contribution in [-0.4, -0.2) is 15.0 Å². The fourth-order valence-electron chi connectivity index (χ4n) is 1.82. The van der Waals surface area contributed by atoms with Gasteiger partial charge in [-0.2, -0.15) is 0 Å². The van der Waals surface area contributed by atoms with Gasteiger partial charge in [0.2, 0.25) is 0 Å². The molecule has 3 aromatic rings. The average molecular weight is 272 g/mol. The van der Waals surface area contributed by atoms with E-state index in [1.807, 2.05) is 24.3 Å². The lowest BCUT2D eigenvalue weighted by Crippen LogP contribution is -1.98. The summed E-state index contributed by atoms with van der Waals surface area (Å²) in [6.07, 6.45) is 3.13. The Hall–Kier alpha value is -2.40. The third kappa shape index (κ3) is 2.28. The Kier molecular flexibility index (Phi) is 2.89. The number of hydrogen-bond donors (Lipinski definition) is 2. The first-order chi connectivity index (χ1) is 9.24. The predicted molar refractivity (Wildman–Crippen MR) is 76.5 cm³/mol. The summed E-state index contributed by atoms with van der Waals surface area (Å²) < 4.78 is 0. The first-order valence-corrected chi connectivity index (χ1v) is 5.99. The summed E-state index contributed by atoms with van der Waals surface area (Å²) >= 11 is 6.14. The van der Waals surface area contributed by atoms with Crippen LogP contribution in [0.1, 0.15) is 0 Å². The number of anilines is 3. The molecule has 3 rings (SSSR count). The Labute approximate surface area is 114 Å². The van der Waals surface area contributed by atoms with Gasteiger partial charge in [-0.05, 0) is 24.3 Å².